The highest BCUT2D eigenvalue weighted by Gasteiger charge is 2.25. The number of carbonyl (C=O) groups excluding carboxylic acids is 1. The number of sulfonamides is 1. The summed E-state index contributed by atoms with van der Waals surface area (Å²) in [7, 11) is 2.07. The van der Waals surface area contributed by atoms with Crippen molar-refractivity contribution in [3.8, 4) is 11.5 Å². The molecule has 0 spiro atoms. The molecule has 0 N–H and O–H groups in total. The molecule has 1 amide bonds. The van der Waals surface area contributed by atoms with Crippen LogP contribution in [0.25, 0.3) is 0 Å². The van der Waals surface area contributed by atoms with E-state index in [1.54, 1.807) is 7.05 Å². The van der Waals surface area contributed by atoms with Crippen LogP contribution >= 0.6 is 0 Å². The van der Waals surface area contributed by atoms with Gasteiger partial charge in [-0.2, -0.15) is 4.31 Å². The highest BCUT2D eigenvalue weighted by molar-refractivity contribution is 7.89. The number of methoxy groups -OCH3 is 2. The van der Waals surface area contributed by atoms with Crippen molar-refractivity contribution >= 4 is 15.9 Å². The molecule has 2 aromatic rings. The van der Waals surface area contributed by atoms with Gasteiger partial charge in [-0.15, -0.1) is 0 Å². The van der Waals surface area contributed by atoms with Gasteiger partial charge in [-0.05, 0) is 17.7 Å². The van der Waals surface area contributed by atoms with Crippen molar-refractivity contribution in [1.29, 1.82) is 0 Å². The number of hydrogen-bond acceptors (Lipinski definition) is 5. The fourth-order valence-corrected chi connectivity index (χ4v) is 3.63. The SMILES string of the molecule is COc1ccc(S(=O)(=O)N(C)CC(=O)N(C)Cc2ccccc2)cc1OC. The van der Waals surface area contributed by atoms with Gasteiger partial charge in [-0.25, -0.2) is 8.42 Å². The molecule has 0 heterocycles. The molecule has 27 heavy (non-hydrogen) atoms. The number of hydrogen-bond donors (Lipinski definition) is 0. The number of likely N-dealkylation sites (N-methyl/N-ethyl adjacent to an activating group) is 2. The van der Waals surface area contributed by atoms with Crippen LogP contribution in [-0.4, -0.2) is 58.4 Å². The van der Waals surface area contributed by atoms with Gasteiger partial charge in [-0.3, -0.25) is 4.79 Å². The van der Waals surface area contributed by atoms with Crippen LogP contribution < -0.4 is 9.47 Å². The van der Waals surface area contributed by atoms with Crippen LogP contribution in [0.1, 0.15) is 5.56 Å². The zero-order chi connectivity index (χ0) is 20.0. The highest BCUT2D eigenvalue weighted by atomic mass is 32.2. The van der Waals surface area contributed by atoms with Crippen molar-refractivity contribution in [2.24, 2.45) is 0 Å². The molecule has 0 saturated carbocycles. The average molecular weight is 392 g/mol. The molecule has 0 aliphatic heterocycles. The maximum absolute atomic E-state index is 12.8. The first-order chi connectivity index (χ1) is 12.8. The van der Waals surface area contributed by atoms with E-state index < -0.39 is 10.0 Å². The third-order valence-electron chi connectivity index (χ3n) is 4.11. The van der Waals surface area contributed by atoms with E-state index in [0.29, 0.717) is 18.0 Å². The molecule has 0 aromatic heterocycles. The van der Waals surface area contributed by atoms with Gasteiger partial charge in [0.25, 0.3) is 0 Å². The van der Waals surface area contributed by atoms with Crippen LogP contribution in [0.2, 0.25) is 0 Å². The van der Waals surface area contributed by atoms with Gasteiger partial charge in [0.05, 0.1) is 25.7 Å². The summed E-state index contributed by atoms with van der Waals surface area (Å²) < 4.78 is 36.9. The Bertz CT molecular complexity index is 884. The van der Waals surface area contributed by atoms with E-state index in [1.807, 2.05) is 30.3 Å². The maximum atomic E-state index is 12.8. The third kappa shape index (κ3) is 4.99. The van der Waals surface area contributed by atoms with Crippen molar-refractivity contribution in [1.82, 2.24) is 9.21 Å². The zero-order valence-corrected chi connectivity index (χ0v) is 16.7. The Labute approximate surface area is 160 Å². The van der Waals surface area contributed by atoms with E-state index in [1.165, 1.54) is 44.4 Å². The van der Waals surface area contributed by atoms with E-state index in [9.17, 15) is 13.2 Å². The summed E-state index contributed by atoms with van der Waals surface area (Å²) in [5.41, 5.74) is 0.971. The molecule has 0 bridgehead atoms. The zero-order valence-electron chi connectivity index (χ0n) is 15.9. The minimum absolute atomic E-state index is 0.0289. The number of nitrogens with zero attached hydrogens (tertiary/aromatic N) is 2. The number of amides is 1. The summed E-state index contributed by atoms with van der Waals surface area (Å²) in [5, 5.41) is 0. The Kier molecular flexibility index (Phi) is 6.81. The van der Waals surface area contributed by atoms with Crippen LogP contribution in [0.4, 0.5) is 0 Å². The second kappa shape index (κ2) is 8.88. The lowest BCUT2D eigenvalue weighted by Crippen LogP contribution is -2.39. The predicted molar refractivity (Wildman–Crippen MR) is 102 cm³/mol. The molecule has 7 nitrogen and oxygen atoms in total. The van der Waals surface area contributed by atoms with Crippen LogP contribution in [0.5, 0.6) is 11.5 Å². The highest BCUT2D eigenvalue weighted by Crippen LogP contribution is 2.30. The van der Waals surface area contributed by atoms with E-state index in [4.69, 9.17) is 9.47 Å². The summed E-state index contributed by atoms with van der Waals surface area (Å²) in [5.74, 6) is 0.433. The summed E-state index contributed by atoms with van der Waals surface area (Å²) in [6.07, 6.45) is 0. The average Bonchev–Trinajstić information content (AvgIpc) is 2.67. The fraction of sp³-hybridized carbons (Fsp3) is 0.316. The Balaban J connectivity index is 2.11. The number of ether oxygens (including phenoxy) is 2. The summed E-state index contributed by atoms with van der Waals surface area (Å²) in [6, 6.07) is 13.8. The first-order valence-corrected chi connectivity index (χ1v) is 9.70. The normalized spacial score (nSPS) is 11.3. The van der Waals surface area contributed by atoms with Crippen molar-refractivity contribution in [3.63, 3.8) is 0 Å². The summed E-state index contributed by atoms with van der Waals surface area (Å²) >= 11 is 0. The maximum Gasteiger partial charge on any atom is 0.243 e. The van der Waals surface area contributed by atoms with E-state index >= 15 is 0 Å². The van der Waals surface area contributed by atoms with Crippen molar-refractivity contribution in [3.05, 3.63) is 54.1 Å². The Morgan fingerprint density at radius 2 is 1.59 bits per heavy atom. The molecule has 8 heteroatoms. The lowest BCUT2D eigenvalue weighted by Gasteiger charge is -2.22. The van der Waals surface area contributed by atoms with Crippen LogP contribution in [0.3, 0.4) is 0 Å². The Morgan fingerprint density at radius 1 is 0.963 bits per heavy atom. The molecule has 0 radical (unpaired) electrons. The van der Waals surface area contributed by atoms with Gasteiger partial charge in [0, 0.05) is 26.7 Å². The quantitative estimate of drug-likeness (QED) is 0.687. The molecule has 0 atom stereocenters. The molecule has 0 saturated heterocycles. The van der Waals surface area contributed by atoms with E-state index in [2.05, 4.69) is 0 Å². The lowest BCUT2D eigenvalue weighted by atomic mass is 10.2. The predicted octanol–water partition coefficient (Wildman–Crippen LogP) is 1.98. The van der Waals surface area contributed by atoms with Gasteiger partial charge in [0.1, 0.15) is 0 Å². The van der Waals surface area contributed by atoms with E-state index in [-0.39, 0.29) is 17.3 Å². The monoisotopic (exact) mass is 392 g/mol. The van der Waals surface area contributed by atoms with Gasteiger partial charge in [-0.1, -0.05) is 30.3 Å². The first-order valence-electron chi connectivity index (χ1n) is 8.26. The van der Waals surface area contributed by atoms with Gasteiger partial charge in [0.2, 0.25) is 15.9 Å². The molecule has 0 fully saturated rings. The number of benzene rings is 2. The largest absolute Gasteiger partial charge is 0.493 e. The molecular formula is C19H24N2O5S. The van der Waals surface area contributed by atoms with Crippen LogP contribution in [0.15, 0.2) is 53.4 Å². The fourth-order valence-electron chi connectivity index (χ4n) is 2.50. The number of rotatable bonds is 8. The van der Waals surface area contributed by atoms with Gasteiger partial charge >= 0.3 is 0 Å². The molecule has 146 valence electrons. The molecule has 0 aliphatic rings. The van der Waals surface area contributed by atoms with Crippen molar-refractivity contribution in [2.45, 2.75) is 11.4 Å². The number of carbonyl (C=O) groups is 1. The van der Waals surface area contributed by atoms with Gasteiger partial charge < -0.3 is 14.4 Å². The topological polar surface area (TPSA) is 76.2 Å². The minimum atomic E-state index is -3.85. The standard InChI is InChI=1S/C19H24N2O5S/c1-20(13-15-8-6-5-7-9-15)19(22)14-21(2)27(23,24)16-10-11-17(25-3)18(12-16)26-4/h5-12H,13-14H2,1-4H3. The third-order valence-corrected chi connectivity index (χ3v) is 5.91. The Hall–Kier alpha value is -2.58. The second-order valence-electron chi connectivity index (χ2n) is 6.01. The second-order valence-corrected chi connectivity index (χ2v) is 8.06. The summed E-state index contributed by atoms with van der Waals surface area (Å²) in [6.45, 7) is 0.143. The van der Waals surface area contributed by atoms with Crippen LogP contribution in [-0.2, 0) is 21.4 Å². The lowest BCUT2D eigenvalue weighted by molar-refractivity contribution is -0.130. The first kappa shape index (κ1) is 20.7. The van der Waals surface area contributed by atoms with Crippen molar-refractivity contribution < 1.29 is 22.7 Å². The van der Waals surface area contributed by atoms with Crippen molar-refractivity contribution in [2.75, 3.05) is 34.9 Å². The van der Waals surface area contributed by atoms with Gasteiger partial charge in [0.15, 0.2) is 11.5 Å². The molecular weight excluding hydrogens is 368 g/mol. The molecule has 2 rings (SSSR count). The molecule has 2 aromatic carbocycles. The molecule has 0 unspecified atom stereocenters. The van der Waals surface area contributed by atoms with Crippen LogP contribution in [0, 0.1) is 0 Å². The smallest absolute Gasteiger partial charge is 0.243 e. The minimum Gasteiger partial charge on any atom is -0.493 e. The summed E-state index contributed by atoms with van der Waals surface area (Å²) in [4.78, 5) is 14.0. The Morgan fingerprint density at radius 3 is 2.19 bits per heavy atom. The van der Waals surface area contributed by atoms with E-state index in [0.717, 1.165) is 9.87 Å². The molecule has 0 aliphatic carbocycles.